The third kappa shape index (κ3) is 5.25. The first-order valence-corrected chi connectivity index (χ1v) is 7.95. The second-order valence-electron chi connectivity index (χ2n) is 5.71. The van der Waals surface area contributed by atoms with Crippen LogP contribution in [0.25, 0.3) is 0 Å². The number of hydrogen-bond acceptors (Lipinski definition) is 2. The van der Waals surface area contributed by atoms with Crippen molar-refractivity contribution in [2.75, 3.05) is 20.3 Å². The first-order chi connectivity index (χ1) is 9.19. The molecule has 1 fully saturated rings. The Balaban J connectivity index is 1.94. The van der Waals surface area contributed by atoms with Crippen LogP contribution in [0, 0.1) is 11.8 Å². The minimum absolute atomic E-state index is 0.579. The summed E-state index contributed by atoms with van der Waals surface area (Å²) in [7, 11) is 1.79. The predicted octanol–water partition coefficient (Wildman–Crippen LogP) is 3.64. The lowest BCUT2D eigenvalue weighted by atomic mass is 9.88. The van der Waals surface area contributed by atoms with Gasteiger partial charge in [-0.1, -0.05) is 35.0 Å². The van der Waals surface area contributed by atoms with Crippen molar-refractivity contribution in [3.8, 4) is 0 Å². The summed E-state index contributed by atoms with van der Waals surface area (Å²) in [5.41, 5.74) is 1.40. The summed E-state index contributed by atoms with van der Waals surface area (Å²) in [6, 6.07) is 9.42. The summed E-state index contributed by atoms with van der Waals surface area (Å²) in [4.78, 5) is 0. The lowest BCUT2D eigenvalue weighted by Crippen LogP contribution is -2.31. The van der Waals surface area contributed by atoms with E-state index >= 15 is 0 Å². The molecule has 19 heavy (non-hydrogen) atoms. The number of ether oxygens (including phenoxy) is 1. The van der Waals surface area contributed by atoms with E-state index in [1.165, 1.54) is 22.9 Å². The Morgan fingerprint density at radius 2 is 2.21 bits per heavy atom. The van der Waals surface area contributed by atoms with Crippen LogP contribution in [0.2, 0.25) is 0 Å². The second kappa shape index (κ2) is 7.41. The van der Waals surface area contributed by atoms with Crippen molar-refractivity contribution < 1.29 is 4.74 Å². The van der Waals surface area contributed by atoms with E-state index in [4.69, 9.17) is 4.74 Å². The fraction of sp³-hybridized carbons (Fsp3) is 0.625. The van der Waals surface area contributed by atoms with Gasteiger partial charge < -0.3 is 10.1 Å². The Hall–Kier alpha value is -0.380. The quantitative estimate of drug-likeness (QED) is 0.787. The maximum absolute atomic E-state index is 5.33. The van der Waals surface area contributed by atoms with Crippen LogP contribution in [0.15, 0.2) is 28.7 Å². The lowest BCUT2D eigenvalue weighted by Gasteiger charge is -2.24. The average Bonchev–Trinajstić information content (AvgIpc) is 3.18. The van der Waals surface area contributed by atoms with Gasteiger partial charge in [-0.3, -0.25) is 0 Å². The zero-order chi connectivity index (χ0) is 13.7. The molecule has 106 valence electrons. The van der Waals surface area contributed by atoms with Gasteiger partial charge in [-0.15, -0.1) is 0 Å². The number of benzene rings is 1. The molecule has 2 nitrogen and oxygen atoms in total. The van der Waals surface area contributed by atoms with Crippen LogP contribution in [-0.2, 0) is 11.2 Å². The van der Waals surface area contributed by atoms with E-state index in [1.807, 2.05) is 0 Å². The summed E-state index contributed by atoms with van der Waals surface area (Å²) in [5.74, 6) is 1.21. The molecule has 2 atom stereocenters. The Morgan fingerprint density at radius 3 is 2.84 bits per heavy atom. The van der Waals surface area contributed by atoms with Gasteiger partial charge in [0.05, 0.1) is 0 Å². The third-order valence-electron chi connectivity index (χ3n) is 3.87. The van der Waals surface area contributed by atoms with Gasteiger partial charge in [0.2, 0.25) is 0 Å². The third-order valence-corrected chi connectivity index (χ3v) is 4.36. The molecule has 1 aliphatic carbocycles. The molecule has 0 aromatic heterocycles. The molecule has 0 bridgehead atoms. The standard InChI is InChI=1S/C16H24BrNO/c1-12(11-19-2)14(10-18-16-6-7-16)8-13-4-3-5-15(17)9-13/h3-5,9,12,14,16,18H,6-8,10-11H2,1-2H3. The molecular weight excluding hydrogens is 302 g/mol. The predicted molar refractivity (Wildman–Crippen MR) is 83.4 cm³/mol. The molecule has 0 heterocycles. The molecule has 3 heteroatoms. The topological polar surface area (TPSA) is 21.3 Å². The molecule has 0 amide bonds. The molecule has 2 unspecified atom stereocenters. The Bertz CT molecular complexity index is 392. The molecular formula is C16H24BrNO. The molecule has 0 spiro atoms. The highest BCUT2D eigenvalue weighted by molar-refractivity contribution is 9.10. The van der Waals surface area contributed by atoms with Crippen molar-refractivity contribution in [1.82, 2.24) is 5.32 Å². The molecule has 2 rings (SSSR count). The first kappa shape index (κ1) is 15.0. The molecule has 0 radical (unpaired) electrons. The number of halogens is 1. The Kier molecular flexibility index (Phi) is 5.86. The minimum atomic E-state index is 0.579. The summed E-state index contributed by atoms with van der Waals surface area (Å²) in [5, 5.41) is 3.66. The molecule has 1 N–H and O–H groups in total. The molecule has 1 aromatic carbocycles. The highest BCUT2D eigenvalue weighted by atomic mass is 79.9. The first-order valence-electron chi connectivity index (χ1n) is 7.15. The maximum Gasteiger partial charge on any atom is 0.0491 e. The minimum Gasteiger partial charge on any atom is -0.384 e. The second-order valence-corrected chi connectivity index (χ2v) is 6.62. The van der Waals surface area contributed by atoms with Crippen molar-refractivity contribution >= 4 is 15.9 Å². The zero-order valence-electron chi connectivity index (χ0n) is 11.9. The summed E-state index contributed by atoms with van der Waals surface area (Å²) in [6.45, 7) is 4.23. The molecule has 0 aliphatic heterocycles. The van der Waals surface area contributed by atoms with E-state index in [0.29, 0.717) is 11.8 Å². The van der Waals surface area contributed by atoms with E-state index in [2.05, 4.69) is 52.4 Å². The largest absolute Gasteiger partial charge is 0.384 e. The Labute approximate surface area is 125 Å². The number of hydrogen-bond donors (Lipinski definition) is 1. The van der Waals surface area contributed by atoms with Gasteiger partial charge >= 0.3 is 0 Å². The van der Waals surface area contributed by atoms with Gasteiger partial charge in [-0.25, -0.2) is 0 Å². The normalized spacial score (nSPS) is 18.3. The van der Waals surface area contributed by atoms with E-state index in [-0.39, 0.29) is 0 Å². The fourth-order valence-electron chi connectivity index (χ4n) is 2.45. The van der Waals surface area contributed by atoms with Crippen LogP contribution in [0.3, 0.4) is 0 Å². The summed E-state index contributed by atoms with van der Waals surface area (Å²) < 4.78 is 6.50. The molecule has 1 aromatic rings. The van der Waals surface area contributed by atoms with Gasteiger partial charge in [-0.05, 0) is 55.3 Å². The highest BCUT2D eigenvalue weighted by Crippen LogP contribution is 2.23. The SMILES string of the molecule is COCC(C)C(CNC1CC1)Cc1cccc(Br)c1. The van der Waals surface area contributed by atoms with Crippen LogP contribution in [-0.4, -0.2) is 26.3 Å². The summed E-state index contributed by atoms with van der Waals surface area (Å²) >= 11 is 3.55. The van der Waals surface area contributed by atoms with Crippen molar-refractivity contribution in [2.45, 2.75) is 32.2 Å². The average molecular weight is 326 g/mol. The number of rotatable bonds is 8. The van der Waals surface area contributed by atoms with E-state index < -0.39 is 0 Å². The monoisotopic (exact) mass is 325 g/mol. The van der Waals surface area contributed by atoms with Gasteiger partial charge in [0.1, 0.15) is 0 Å². The maximum atomic E-state index is 5.33. The van der Waals surface area contributed by atoms with Gasteiger partial charge in [-0.2, -0.15) is 0 Å². The summed E-state index contributed by atoms with van der Waals surface area (Å²) in [6.07, 6.45) is 3.81. The molecule has 0 saturated heterocycles. The van der Waals surface area contributed by atoms with Gasteiger partial charge in [0.25, 0.3) is 0 Å². The number of nitrogens with one attached hydrogen (secondary N) is 1. The van der Waals surface area contributed by atoms with Crippen LogP contribution >= 0.6 is 15.9 Å². The van der Waals surface area contributed by atoms with Crippen molar-refractivity contribution in [1.29, 1.82) is 0 Å². The molecule has 1 aliphatic rings. The van der Waals surface area contributed by atoms with Crippen LogP contribution in [0.5, 0.6) is 0 Å². The van der Waals surface area contributed by atoms with Crippen molar-refractivity contribution in [3.05, 3.63) is 34.3 Å². The highest BCUT2D eigenvalue weighted by Gasteiger charge is 2.24. The van der Waals surface area contributed by atoms with Gasteiger partial charge in [0, 0.05) is 24.2 Å². The zero-order valence-corrected chi connectivity index (χ0v) is 13.4. The van der Waals surface area contributed by atoms with Crippen LogP contribution in [0.4, 0.5) is 0 Å². The smallest absolute Gasteiger partial charge is 0.0491 e. The fourth-order valence-corrected chi connectivity index (χ4v) is 2.89. The van der Waals surface area contributed by atoms with Crippen LogP contribution in [0.1, 0.15) is 25.3 Å². The van der Waals surface area contributed by atoms with E-state index in [9.17, 15) is 0 Å². The van der Waals surface area contributed by atoms with Crippen LogP contribution < -0.4 is 5.32 Å². The van der Waals surface area contributed by atoms with Crippen molar-refractivity contribution in [2.24, 2.45) is 11.8 Å². The lowest BCUT2D eigenvalue weighted by molar-refractivity contribution is 0.128. The Morgan fingerprint density at radius 1 is 1.42 bits per heavy atom. The van der Waals surface area contributed by atoms with E-state index in [1.54, 1.807) is 7.11 Å². The van der Waals surface area contributed by atoms with E-state index in [0.717, 1.165) is 25.6 Å². The van der Waals surface area contributed by atoms with Gasteiger partial charge in [0.15, 0.2) is 0 Å². The molecule has 1 saturated carbocycles. The van der Waals surface area contributed by atoms with Crippen molar-refractivity contribution in [3.63, 3.8) is 0 Å². The number of methoxy groups -OCH3 is 1.